The van der Waals surface area contributed by atoms with Crippen molar-refractivity contribution in [3.63, 3.8) is 0 Å². The summed E-state index contributed by atoms with van der Waals surface area (Å²) in [5, 5.41) is 0.656. The lowest BCUT2D eigenvalue weighted by Crippen LogP contribution is -2.32. The van der Waals surface area contributed by atoms with Crippen LogP contribution >= 0.6 is 0 Å². The number of aromatic nitrogens is 1. The van der Waals surface area contributed by atoms with E-state index in [0.29, 0.717) is 10.9 Å². The molecule has 1 amide bonds. The van der Waals surface area contributed by atoms with E-state index in [1.54, 1.807) is 24.3 Å². The average molecular weight is 279 g/mol. The van der Waals surface area contributed by atoms with E-state index < -0.39 is 15.7 Å². The summed E-state index contributed by atoms with van der Waals surface area (Å²) in [5.74, 6) is 4.23. The van der Waals surface area contributed by atoms with Crippen LogP contribution in [0.5, 0.6) is 0 Å². The molecule has 2 rings (SSSR count). The first kappa shape index (κ1) is 13.4. The van der Waals surface area contributed by atoms with Crippen LogP contribution in [0.1, 0.15) is 17.4 Å². The maximum Gasteiger partial charge on any atom is 0.285 e. The zero-order valence-electron chi connectivity index (χ0n) is 10.3. The van der Waals surface area contributed by atoms with Crippen LogP contribution in [0.4, 0.5) is 0 Å². The van der Waals surface area contributed by atoms with Gasteiger partial charge in [-0.15, -0.1) is 0 Å². The van der Waals surface area contributed by atoms with Crippen molar-refractivity contribution < 1.29 is 13.2 Å². The first-order valence-corrected chi connectivity index (χ1v) is 7.28. The number of carbonyl (C=O) groups excluding carboxylic acids is 1. The summed E-state index contributed by atoms with van der Waals surface area (Å²) >= 11 is 0. The van der Waals surface area contributed by atoms with Gasteiger partial charge in [0.2, 0.25) is 0 Å². The maximum atomic E-state index is 12.0. The minimum atomic E-state index is -3.55. The molecule has 3 N–H and O–H groups in total. The van der Waals surface area contributed by atoms with Crippen molar-refractivity contribution in [3.05, 3.63) is 36.0 Å². The largest absolute Gasteiger partial charge is 0.289 e. The van der Waals surface area contributed by atoms with Gasteiger partial charge >= 0.3 is 0 Å². The average Bonchev–Trinajstić information content (AvgIpc) is 2.45. The number of nitrogens with zero attached hydrogens (tertiary/aromatic N) is 1. The highest BCUT2D eigenvalue weighted by Crippen LogP contribution is 2.21. The van der Waals surface area contributed by atoms with Crippen LogP contribution in [0.15, 0.2) is 35.2 Å². The van der Waals surface area contributed by atoms with Gasteiger partial charge < -0.3 is 0 Å². The third-order valence-corrected chi connectivity index (χ3v) is 4.49. The van der Waals surface area contributed by atoms with E-state index in [1.807, 2.05) is 5.43 Å². The first-order valence-electron chi connectivity index (χ1n) is 5.63. The monoisotopic (exact) mass is 279 g/mol. The highest BCUT2D eigenvalue weighted by Gasteiger charge is 2.23. The van der Waals surface area contributed by atoms with Gasteiger partial charge in [-0.25, -0.2) is 19.2 Å². The number of hydrazine groups is 1. The molecule has 6 nitrogen and oxygen atoms in total. The number of nitrogens with two attached hydrogens (primary N) is 1. The molecule has 1 aromatic heterocycles. The Hall–Kier alpha value is -1.99. The number of rotatable bonds is 3. The lowest BCUT2D eigenvalue weighted by atomic mass is 10.2. The maximum absolute atomic E-state index is 12.0. The molecule has 0 spiro atoms. The minimum Gasteiger partial charge on any atom is -0.289 e. The molecule has 0 saturated carbocycles. The predicted molar refractivity (Wildman–Crippen MR) is 71.1 cm³/mol. The van der Waals surface area contributed by atoms with Crippen molar-refractivity contribution in [1.82, 2.24) is 10.4 Å². The van der Waals surface area contributed by atoms with Gasteiger partial charge in [-0.05, 0) is 12.1 Å². The van der Waals surface area contributed by atoms with Crippen molar-refractivity contribution in [2.24, 2.45) is 5.84 Å². The number of fused-ring (bicyclic) bond motifs is 1. The predicted octanol–water partition coefficient (Wildman–Crippen LogP) is 0.632. The van der Waals surface area contributed by atoms with Gasteiger partial charge in [0, 0.05) is 5.39 Å². The molecule has 0 atom stereocenters. The Morgan fingerprint density at radius 3 is 2.68 bits per heavy atom. The molecule has 0 radical (unpaired) electrons. The Balaban J connectivity index is 2.82. The van der Waals surface area contributed by atoms with Crippen LogP contribution in [0.3, 0.4) is 0 Å². The SMILES string of the molecule is CCS(=O)(=O)c1cc2ccccc2nc1C(=O)NN. The van der Waals surface area contributed by atoms with Gasteiger partial charge in [-0.2, -0.15) is 0 Å². The van der Waals surface area contributed by atoms with Crippen molar-refractivity contribution in [1.29, 1.82) is 0 Å². The van der Waals surface area contributed by atoms with E-state index in [2.05, 4.69) is 4.98 Å². The Morgan fingerprint density at radius 2 is 2.05 bits per heavy atom. The van der Waals surface area contributed by atoms with Crippen LogP contribution < -0.4 is 11.3 Å². The molecule has 0 saturated heterocycles. The highest BCUT2D eigenvalue weighted by atomic mass is 32.2. The number of carbonyl (C=O) groups is 1. The van der Waals surface area contributed by atoms with E-state index >= 15 is 0 Å². The van der Waals surface area contributed by atoms with Gasteiger partial charge in [-0.1, -0.05) is 25.1 Å². The fraction of sp³-hybridized carbons (Fsp3) is 0.167. The van der Waals surface area contributed by atoms with Gasteiger partial charge in [0.15, 0.2) is 9.84 Å². The first-order chi connectivity index (χ1) is 8.99. The van der Waals surface area contributed by atoms with E-state index in [-0.39, 0.29) is 16.3 Å². The number of benzene rings is 1. The molecule has 1 aromatic carbocycles. The van der Waals surface area contributed by atoms with Crippen molar-refractivity contribution in [2.75, 3.05) is 5.75 Å². The zero-order valence-corrected chi connectivity index (χ0v) is 11.1. The summed E-state index contributed by atoms with van der Waals surface area (Å²) in [6.07, 6.45) is 0. The van der Waals surface area contributed by atoms with Crippen LogP contribution in [0.25, 0.3) is 10.9 Å². The highest BCUT2D eigenvalue weighted by molar-refractivity contribution is 7.91. The Bertz CT molecular complexity index is 741. The number of hydrogen-bond donors (Lipinski definition) is 2. The second-order valence-corrected chi connectivity index (χ2v) is 6.15. The summed E-state index contributed by atoms with van der Waals surface area (Å²) < 4.78 is 24.1. The molecule has 0 bridgehead atoms. The topological polar surface area (TPSA) is 102 Å². The molecule has 0 fully saturated rings. The van der Waals surface area contributed by atoms with E-state index in [0.717, 1.165) is 0 Å². The Kier molecular flexibility index (Phi) is 3.50. The minimum absolute atomic E-state index is 0.100. The van der Waals surface area contributed by atoms with E-state index in [9.17, 15) is 13.2 Å². The van der Waals surface area contributed by atoms with E-state index in [4.69, 9.17) is 5.84 Å². The molecule has 0 unspecified atom stereocenters. The van der Waals surface area contributed by atoms with E-state index in [1.165, 1.54) is 13.0 Å². The Labute approximate surface area is 110 Å². The number of sulfone groups is 1. The van der Waals surface area contributed by atoms with Crippen molar-refractivity contribution >= 4 is 26.6 Å². The van der Waals surface area contributed by atoms with Crippen LogP contribution in [-0.2, 0) is 9.84 Å². The molecule has 7 heteroatoms. The third kappa shape index (κ3) is 2.42. The number of pyridine rings is 1. The molecule has 0 aliphatic carbocycles. The molecule has 2 aromatic rings. The lowest BCUT2D eigenvalue weighted by Gasteiger charge is -2.09. The van der Waals surface area contributed by atoms with Gasteiger partial charge in [0.1, 0.15) is 5.69 Å². The standard InChI is InChI=1S/C12H13N3O3S/c1-2-19(17,18)10-7-8-5-3-4-6-9(8)14-11(10)12(16)15-13/h3-7H,2,13H2,1H3,(H,15,16). The summed E-state index contributed by atoms with van der Waals surface area (Å²) in [5.41, 5.74) is 2.28. The van der Waals surface area contributed by atoms with Gasteiger partial charge in [0.25, 0.3) is 5.91 Å². The van der Waals surface area contributed by atoms with Gasteiger partial charge in [-0.3, -0.25) is 10.2 Å². The fourth-order valence-electron chi connectivity index (χ4n) is 1.72. The molecular formula is C12H13N3O3S. The molecule has 0 aliphatic rings. The molecule has 100 valence electrons. The summed E-state index contributed by atoms with van der Waals surface area (Å²) in [4.78, 5) is 15.7. The number of para-hydroxylation sites is 1. The fourth-order valence-corrected chi connectivity index (χ4v) is 2.77. The number of hydrogen-bond acceptors (Lipinski definition) is 5. The Morgan fingerprint density at radius 1 is 1.37 bits per heavy atom. The summed E-state index contributed by atoms with van der Waals surface area (Å²) in [7, 11) is -3.55. The zero-order chi connectivity index (χ0) is 14.0. The molecule has 1 heterocycles. The van der Waals surface area contributed by atoms with Crippen molar-refractivity contribution in [2.45, 2.75) is 11.8 Å². The number of nitrogens with one attached hydrogen (secondary N) is 1. The molecule has 19 heavy (non-hydrogen) atoms. The molecule has 0 aliphatic heterocycles. The summed E-state index contributed by atoms with van der Waals surface area (Å²) in [6, 6.07) is 8.42. The number of amides is 1. The third-order valence-electron chi connectivity index (χ3n) is 2.75. The second-order valence-electron chi connectivity index (χ2n) is 3.90. The van der Waals surface area contributed by atoms with Crippen LogP contribution in [0.2, 0.25) is 0 Å². The quantitative estimate of drug-likeness (QED) is 0.487. The van der Waals surface area contributed by atoms with Gasteiger partial charge in [0.05, 0.1) is 16.2 Å². The number of nitrogen functional groups attached to an aromatic ring is 1. The van der Waals surface area contributed by atoms with Crippen LogP contribution in [0, 0.1) is 0 Å². The summed E-state index contributed by atoms with van der Waals surface area (Å²) in [6.45, 7) is 1.51. The normalized spacial score (nSPS) is 11.5. The lowest BCUT2D eigenvalue weighted by molar-refractivity contribution is 0.0945. The second kappa shape index (κ2) is 4.94. The molecular weight excluding hydrogens is 266 g/mol. The smallest absolute Gasteiger partial charge is 0.285 e. The van der Waals surface area contributed by atoms with Crippen LogP contribution in [-0.4, -0.2) is 25.1 Å². The van der Waals surface area contributed by atoms with Crippen molar-refractivity contribution in [3.8, 4) is 0 Å².